The van der Waals surface area contributed by atoms with E-state index in [-0.39, 0.29) is 18.2 Å². The molecule has 0 spiro atoms. The Labute approximate surface area is 144 Å². The van der Waals surface area contributed by atoms with Gasteiger partial charge in [0.05, 0.1) is 24.0 Å². The van der Waals surface area contributed by atoms with Gasteiger partial charge in [0.15, 0.2) is 5.13 Å². The molecule has 2 aromatic heterocycles. The first-order chi connectivity index (χ1) is 11.3. The monoisotopic (exact) mass is 344 g/mol. The van der Waals surface area contributed by atoms with Gasteiger partial charge >= 0.3 is 0 Å². The maximum absolute atomic E-state index is 12.5. The molecule has 0 aliphatic carbocycles. The fourth-order valence-electron chi connectivity index (χ4n) is 2.46. The predicted molar refractivity (Wildman–Crippen MR) is 94.2 cm³/mol. The predicted octanol–water partition coefficient (Wildman–Crippen LogP) is 2.65. The molecule has 0 saturated heterocycles. The van der Waals surface area contributed by atoms with Gasteiger partial charge in [-0.15, -0.1) is 11.3 Å². The average molecular weight is 344 g/mol. The number of aromatic nitrogens is 2. The second-order valence-corrected chi connectivity index (χ2v) is 7.68. The summed E-state index contributed by atoms with van der Waals surface area (Å²) in [6.07, 6.45) is 4.55. The number of hydrogen-bond acceptors (Lipinski definition) is 5. The minimum Gasteiger partial charge on any atom is -0.310 e. The lowest BCUT2D eigenvalue weighted by Crippen LogP contribution is -2.30. The van der Waals surface area contributed by atoms with E-state index in [2.05, 4.69) is 15.3 Å². The summed E-state index contributed by atoms with van der Waals surface area (Å²) in [7, 11) is 0. The van der Waals surface area contributed by atoms with Crippen molar-refractivity contribution in [2.24, 2.45) is 5.41 Å². The number of nitrogens with zero attached hydrogens (tertiary/aromatic N) is 3. The fraction of sp³-hybridized carbons (Fsp3) is 0.412. The second-order valence-electron chi connectivity index (χ2n) is 6.82. The van der Waals surface area contributed by atoms with Gasteiger partial charge in [0, 0.05) is 23.5 Å². The summed E-state index contributed by atoms with van der Waals surface area (Å²) in [5.41, 5.74) is 2.23. The van der Waals surface area contributed by atoms with Gasteiger partial charge in [-0.05, 0) is 18.1 Å². The third-order valence-electron chi connectivity index (χ3n) is 3.87. The topological polar surface area (TPSA) is 75.2 Å². The third-order valence-corrected chi connectivity index (χ3v) is 4.68. The van der Waals surface area contributed by atoms with Crippen molar-refractivity contribution < 1.29 is 9.59 Å². The number of carbonyl (C=O) groups is 2. The summed E-state index contributed by atoms with van der Waals surface area (Å²) in [4.78, 5) is 34.7. The molecular weight excluding hydrogens is 324 g/mol. The molecule has 0 bridgehead atoms. The molecule has 2 aromatic rings. The Balaban J connectivity index is 1.65. The number of anilines is 2. The van der Waals surface area contributed by atoms with Crippen LogP contribution in [-0.4, -0.2) is 28.3 Å². The average Bonchev–Trinajstić information content (AvgIpc) is 3.13. The fourth-order valence-corrected chi connectivity index (χ4v) is 3.17. The van der Waals surface area contributed by atoms with Crippen molar-refractivity contribution in [2.75, 3.05) is 16.8 Å². The summed E-state index contributed by atoms with van der Waals surface area (Å²) in [5, 5.41) is 5.14. The van der Waals surface area contributed by atoms with Crippen LogP contribution in [0.5, 0.6) is 0 Å². The zero-order valence-electron chi connectivity index (χ0n) is 14.0. The first kappa shape index (κ1) is 16.6. The molecule has 2 amide bonds. The van der Waals surface area contributed by atoms with Crippen LogP contribution in [0.3, 0.4) is 0 Å². The number of rotatable bonds is 3. The van der Waals surface area contributed by atoms with Gasteiger partial charge in [0.1, 0.15) is 0 Å². The molecule has 0 saturated carbocycles. The van der Waals surface area contributed by atoms with Gasteiger partial charge in [-0.25, -0.2) is 4.98 Å². The zero-order valence-corrected chi connectivity index (χ0v) is 14.8. The zero-order chi connectivity index (χ0) is 17.3. The number of thiazole rings is 1. The van der Waals surface area contributed by atoms with E-state index in [1.54, 1.807) is 17.3 Å². The minimum atomic E-state index is -0.478. The van der Waals surface area contributed by atoms with Crippen molar-refractivity contribution >= 4 is 34.0 Å². The molecule has 3 heterocycles. The summed E-state index contributed by atoms with van der Waals surface area (Å²) in [6.45, 7) is 6.22. The van der Waals surface area contributed by atoms with Gasteiger partial charge in [-0.1, -0.05) is 20.8 Å². The van der Waals surface area contributed by atoms with E-state index in [0.717, 1.165) is 17.7 Å². The number of hydrogen-bond donors (Lipinski definition) is 1. The Morgan fingerprint density at radius 1 is 1.38 bits per heavy atom. The highest BCUT2D eigenvalue weighted by Gasteiger charge is 2.26. The molecule has 7 heteroatoms. The molecule has 1 N–H and O–H groups in total. The van der Waals surface area contributed by atoms with Crippen molar-refractivity contribution in [3.8, 4) is 0 Å². The van der Waals surface area contributed by atoms with E-state index < -0.39 is 5.41 Å². The molecule has 0 fully saturated rings. The van der Waals surface area contributed by atoms with Crippen LogP contribution in [0.1, 0.15) is 32.0 Å². The Morgan fingerprint density at radius 3 is 2.92 bits per heavy atom. The van der Waals surface area contributed by atoms with Crippen LogP contribution in [0.4, 0.5) is 10.8 Å². The van der Waals surface area contributed by atoms with Crippen molar-refractivity contribution in [1.29, 1.82) is 0 Å². The standard InChI is InChI=1S/C17H20N4O2S/c1-17(2,3)15(23)20-16-19-12(10-24-16)8-14(22)21-7-5-11-4-6-18-9-13(11)21/h4,6,9-10H,5,7-8H2,1-3H3,(H,19,20,23). The van der Waals surface area contributed by atoms with Crippen molar-refractivity contribution in [3.63, 3.8) is 0 Å². The van der Waals surface area contributed by atoms with E-state index in [4.69, 9.17) is 0 Å². The minimum absolute atomic E-state index is 0.000693. The molecule has 6 nitrogen and oxygen atoms in total. The number of carbonyl (C=O) groups excluding carboxylic acids is 2. The molecule has 3 rings (SSSR count). The molecular formula is C17H20N4O2S. The van der Waals surface area contributed by atoms with E-state index >= 15 is 0 Å². The van der Waals surface area contributed by atoms with Gasteiger partial charge in [-0.2, -0.15) is 0 Å². The first-order valence-corrected chi connectivity index (χ1v) is 8.71. The van der Waals surface area contributed by atoms with Crippen molar-refractivity contribution in [3.05, 3.63) is 35.1 Å². The van der Waals surface area contributed by atoms with Gasteiger partial charge in [-0.3, -0.25) is 14.6 Å². The molecule has 0 atom stereocenters. The summed E-state index contributed by atoms with van der Waals surface area (Å²) < 4.78 is 0. The molecule has 126 valence electrons. The van der Waals surface area contributed by atoms with E-state index in [1.165, 1.54) is 11.3 Å². The molecule has 1 aliphatic rings. The lowest BCUT2D eigenvalue weighted by Gasteiger charge is -2.16. The SMILES string of the molecule is CC(C)(C)C(=O)Nc1nc(CC(=O)N2CCc3ccncc32)cs1. The quantitative estimate of drug-likeness (QED) is 0.929. The summed E-state index contributed by atoms with van der Waals surface area (Å²) >= 11 is 1.34. The van der Waals surface area contributed by atoms with Crippen LogP contribution < -0.4 is 10.2 Å². The van der Waals surface area contributed by atoms with Gasteiger partial charge in [0.25, 0.3) is 0 Å². The molecule has 0 unspecified atom stereocenters. The van der Waals surface area contributed by atoms with Crippen LogP contribution in [0, 0.1) is 5.41 Å². The van der Waals surface area contributed by atoms with Crippen LogP contribution >= 0.6 is 11.3 Å². The maximum atomic E-state index is 12.5. The number of amides is 2. The smallest absolute Gasteiger partial charge is 0.233 e. The molecule has 24 heavy (non-hydrogen) atoms. The van der Waals surface area contributed by atoms with Crippen LogP contribution in [-0.2, 0) is 22.4 Å². The van der Waals surface area contributed by atoms with E-state index in [9.17, 15) is 9.59 Å². The Hall–Kier alpha value is -2.28. The number of fused-ring (bicyclic) bond motifs is 1. The first-order valence-electron chi connectivity index (χ1n) is 7.84. The Bertz CT molecular complexity index is 779. The summed E-state index contributed by atoms with van der Waals surface area (Å²) in [5.74, 6) is -0.0879. The van der Waals surface area contributed by atoms with Gasteiger partial charge < -0.3 is 10.2 Å². The van der Waals surface area contributed by atoms with Crippen LogP contribution in [0.15, 0.2) is 23.8 Å². The van der Waals surface area contributed by atoms with E-state index in [0.29, 0.717) is 17.4 Å². The van der Waals surface area contributed by atoms with Crippen molar-refractivity contribution in [2.45, 2.75) is 33.6 Å². The van der Waals surface area contributed by atoms with Crippen LogP contribution in [0.25, 0.3) is 0 Å². The molecule has 0 radical (unpaired) electrons. The lowest BCUT2D eigenvalue weighted by molar-refractivity contribution is -0.123. The highest BCUT2D eigenvalue weighted by atomic mass is 32.1. The number of pyridine rings is 1. The van der Waals surface area contributed by atoms with Gasteiger partial charge in [0.2, 0.25) is 11.8 Å². The summed E-state index contributed by atoms with van der Waals surface area (Å²) in [6, 6.07) is 1.95. The van der Waals surface area contributed by atoms with Crippen molar-refractivity contribution in [1.82, 2.24) is 9.97 Å². The lowest BCUT2D eigenvalue weighted by atomic mass is 9.96. The highest BCUT2D eigenvalue weighted by molar-refractivity contribution is 7.13. The number of nitrogens with one attached hydrogen (secondary N) is 1. The molecule has 1 aliphatic heterocycles. The highest BCUT2D eigenvalue weighted by Crippen LogP contribution is 2.27. The largest absolute Gasteiger partial charge is 0.310 e. The normalized spacial score (nSPS) is 13.7. The second kappa shape index (κ2) is 6.32. The maximum Gasteiger partial charge on any atom is 0.233 e. The van der Waals surface area contributed by atoms with Crippen LogP contribution in [0.2, 0.25) is 0 Å². The third kappa shape index (κ3) is 3.46. The Kier molecular flexibility index (Phi) is 4.36. The van der Waals surface area contributed by atoms with E-state index in [1.807, 2.05) is 32.2 Å². The Morgan fingerprint density at radius 2 is 2.17 bits per heavy atom. The molecule has 0 aromatic carbocycles.